The van der Waals surface area contributed by atoms with Crippen LogP contribution in [0.1, 0.15) is 17.2 Å². The number of nitrogens with zero attached hydrogens (tertiary/aromatic N) is 1. The van der Waals surface area contributed by atoms with Gasteiger partial charge in [-0.3, -0.25) is 16.3 Å². The summed E-state index contributed by atoms with van der Waals surface area (Å²) in [7, 11) is 0. The Kier molecular flexibility index (Phi) is 3.81. The first-order valence-electron chi connectivity index (χ1n) is 6.91. The molecule has 21 heavy (non-hydrogen) atoms. The van der Waals surface area contributed by atoms with E-state index in [2.05, 4.69) is 40.7 Å². The van der Waals surface area contributed by atoms with E-state index in [4.69, 9.17) is 11.6 Å². The van der Waals surface area contributed by atoms with Crippen LogP contribution in [0.5, 0.6) is 0 Å². The average molecular weight is 278 g/mol. The molecule has 0 aliphatic heterocycles. The van der Waals surface area contributed by atoms with Crippen molar-refractivity contribution in [3.63, 3.8) is 0 Å². The maximum absolute atomic E-state index is 5.98. The Bertz CT molecular complexity index is 754. The van der Waals surface area contributed by atoms with Crippen LogP contribution < -0.4 is 17.0 Å². The number of rotatable bonds is 4. The molecule has 106 valence electrons. The lowest BCUT2D eigenvalue weighted by Crippen LogP contribution is -2.29. The van der Waals surface area contributed by atoms with Crippen LogP contribution in [-0.4, -0.2) is 4.98 Å². The standard InChI is InChI=1S/C17H18N4/c18-16-7-8-20-11-15(16)10-17(21-19)14-6-5-12-3-1-2-4-13(12)9-14/h1-9,11,17,21H,10,19H2,(H2,18,20). The zero-order valence-electron chi connectivity index (χ0n) is 11.7. The molecule has 5 N–H and O–H groups in total. The van der Waals surface area contributed by atoms with Gasteiger partial charge in [-0.15, -0.1) is 0 Å². The van der Waals surface area contributed by atoms with Crippen LogP contribution >= 0.6 is 0 Å². The smallest absolute Gasteiger partial charge is 0.0501 e. The monoisotopic (exact) mass is 278 g/mol. The highest BCUT2D eigenvalue weighted by Crippen LogP contribution is 2.24. The van der Waals surface area contributed by atoms with Crippen LogP contribution in [0.25, 0.3) is 10.8 Å². The molecule has 0 spiro atoms. The summed E-state index contributed by atoms with van der Waals surface area (Å²) in [5, 5.41) is 2.42. The number of hydrogen-bond donors (Lipinski definition) is 3. The van der Waals surface area contributed by atoms with E-state index in [0.717, 1.165) is 16.8 Å². The average Bonchev–Trinajstić information content (AvgIpc) is 2.54. The van der Waals surface area contributed by atoms with Crippen molar-refractivity contribution < 1.29 is 0 Å². The molecule has 0 radical (unpaired) electrons. The van der Waals surface area contributed by atoms with Gasteiger partial charge in [-0.25, -0.2) is 0 Å². The highest BCUT2D eigenvalue weighted by atomic mass is 15.2. The first-order valence-corrected chi connectivity index (χ1v) is 6.91. The van der Waals surface area contributed by atoms with Crippen LogP contribution in [0.4, 0.5) is 5.69 Å². The molecule has 1 aromatic heterocycles. The lowest BCUT2D eigenvalue weighted by Gasteiger charge is -2.18. The van der Waals surface area contributed by atoms with E-state index in [0.29, 0.717) is 6.42 Å². The Hall–Kier alpha value is -2.43. The molecule has 2 aromatic carbocycles. The molecule has 1 atom stereocenters. The van der Waals surface area contributed by atoms with Crippen molar-refractivity contribution in [2.45, 2.75) is 12.5 Å². The van der Waals surface area contributed by atoms with Gasteiger partial charge in [-0.05, 0) is 40.5 Å². The second kappa shape index (κ2) is 5.91. The van der Waals surface area contributed by atoms with Crippen molar-refractivity contribution >= 4 is 16.5 Å². The Morgan fingerprint density at radius 2 is 1.86 bits per heavy atom. The molecule has 0 saturated carbocycles. The predicted octanol–water partition coefficient (Wildman–Crippen LogP) is 2.56. The van der Waals surface area contributed by atoms with Gasteiger partial charge < -0.3 is 5.73 Å². The van der Waals surface area contributed by atoms with Gasteiger partial charge in [0.2, 0.25) is 0 Å². The molecule has 0 amide bonds. The zero-order valence-corrected chi connectivity index (χ0v) is 11.7. The van der Waals surface area contributed by atoms with E-state index in [9.17, 15) is 0 Å². The van der Waals surface area contributed by atoms with Crippen LogP contribution in [-0.2, 0) is 6.42 Å². The molecule has 4 heteroatoms. The Morgan fingerprint density at radius 1 is 1.05 bits per heavy atom. The second-order valence-electron chi connectivity index (χ2n) is 5.10. The van der Waals surface area contributed by atoms with Gasteiger partial charge in [-0.1, -0.05) is 36.4 Å². The van der Waals surface area contributed by atoms with Crippen molar-refractivity contribution in [2.75, 3.05) is 5.73 Å². The molecule has 0 fully saturated rings. The quantitative estimate of drug-likeness (QED) is 0.506. The van der Waals surface area contributed by atoms with E-state index in [1.165, 1.54) is 10.8 Å². The predicted molar refractivity (Wildman–Crippen MR) is 86.4 cm³/mol. The summed E-state index contributed by atoms with van der Waals surface area (Å²) in [6, 6.07) is 16.5. The molecule has 0 saturated heterocycles. The number of nitrogens with one attached hydrogen (secondary N) is 1. The Balaban J connectivity index is 1.93. The molecule has 1 heterocycles. The first kappa shape index (κ1) is 13.5. The van der Waals surface area contributed by atoms with E-state index >= 15 is 0 Å². The number of benzene rings is 2. The van der Waals surface area contributed by atoms with Gasteiger partial charge in [0.05, 0.1) is 6.04 Å². The molecule has 0 bridgehead atoms. The minimum absolute atomic E-state index is 0.00102. The van der Waals surface area contributed by atoms with Crippen LogP contribution in [0, 0.1) is 0 Å². The number of aromatic nitrogens is 1. The minimum Gasteiger partial charge on any atom is -0.398 e. The van der Waals surface area contributed by atoms with E-state index in [1.54, 1.807) is 12.4 Å². The SMILES string of the molecule is NNC(Cc1cnccc1N)c1ccc2ccccc2c1. The molecule has 0 aliphatic rings. The van der Waals surface area contributed by atoms with Gasteiger partial charge in [-0.2, -0.15) is 0 Å². The fourth-order valence-corrected chi connectivity index (χ4v) is 2.53. The minimum atomic E-state index is 0.00102. The van der Waals surface area contributed by atoms with Crippen LogP contribution in [0.15, 0.2) is 60.9 Å². The van der Waals surface area contributed by atoms with E-state index in [-0.39, 0.29) is 6.04 Å². The molecule has 1 unspecified atom stereocenters. The van der Waals surface area contributed by atoms with Gasteiger partial charge in [0.25, 0.3) is 0 Å². The lowest BCUT2D eigenvalue weighted by molar-refractivity contribution is 0.552. The molecule has 3 aromatic rings. The van der Waals surface area contributed by atoms with Crippen molar-refractivity contribution in [2.24, 2.45) is 5.84 Å². The normalized spacial score (nSPS) is 12.4. The van der Waals surface area contributed by atoms with Crippen LogP contribution in [0.2, 0.25) is 0 Å². The van der Waals surface area contributed by atoms with E-state index in [1.807, 2.05) is 18.2 Å². The summed E-state index contributed by atoms with van der Waals surface area (Å²) in [6.07, 6.45) is 4.19. The van der Waals surface area contributed by atoms with Crippen molar-refractivity contribution in [1.29, 1.82) is 0 Å². The summed E-state index contributed by atoms with van der Waals surface area (Å²) in [6.45, 7) is 0. The summed E-state index contributed by atoms with van der Waals surface area (Å²) in [4.78, 5) is 4.13. The molecule has 4 nitrogen and oxygen atoms in total. The van der Waals surface area contributed by atoms with E-state index < -0.39 is 0 Å². The van der Waals surface area contributed by atoms with Crippen LogP contribution in [0.3, 0.4) is 0 Å². The fraction of sp³-hybridized carbons (Fsp3) is 0.118. The number of anilines is 1. The maximum atomic E-state index is 5.98. The second-order valence-corrected chi connectivity index (χ2v) is 5.10. The third-order valence-corrected chi connectivity index (χ3v) is 3.74. The molecular weight excluding hydrogens is 260 g/mol. The van der Waals surface area contributed by atoms with Gasteiger partial charge >= 0.3 is 0 Å². The third kappa shape index (κ3) is 2.86. The maximum Gasteiger partial charge on any atom is 0.0501 e. The summed E-state index contributed by atoms with van der Waals surface area (Å²) in [5.41, 5.74) is 11.7. The highest BCUT2D eigenvalue weighted by Gasteiger charge is 2.12. The van der Waals surface area contributed by atoms with Gasteiger partial charge in [0.1, 0.15) is 0 Å². The number of hydrogen-bond acceptors (Lipinski definition) is 4. The lowest BCUT2D eigenvalue weighted by atomic mass is 9.97. The topological polar surface area (TPSA) is 77.0 Å². The number of hydrazine groups is 1. The zero-order chi connectivity index (χ0) is 14.7. The summed E-state index contributed by atoms with van der Waals surface area (Å²) >= 11 is 0. The number of pyridine rings is 1. The number of nitrogen functional groups attached to an aromatic ring is 1. The Morgan fingerprint density at radius 3 is 2.62 bits per heavy atom. The van der Waals surface area contributed by atoms with Crippen molar-refractivity contribution in [3.05, 3.63) is 72.1 Å². The van der Waals surface area contributed by atoms with Gasteiger partial charge in [0, 0.05) is 18.1 Å². The fourth-order valence-electron chi connectivity index (χ4n) is 2.53. The number of fused-ring (bicyclic) bond motifs is 1. The first-order chi connectivity index (χ1) is 10.3. The van der Waals surface area contributed by atoms with Crippen molar-refractivity contribution in [1.82, 2.24) is 10.4 Å². The molecule has 3 rings (SSSR count). The largest absolute Gasteiger partial charge is 0.398 e. The van der Waals surface area contributed by atoms with Gasteiger partial charge in [0.15, 0.2) is 0 Å². The third-order valence-electron chi connectivity index (χ3n) is 3.74. The summed E-state index contributed by atoms with van der Waals surface area (Å²) < 4.78 is 0. The van der Waals surface area contributed by atoms with Crippen molar-refractivity contribution in [3.8, 4) is 0 Å². The number of nitrogens with two attached hydrogens (primary N) is 2. The molecular formula is C17H18N4. The molecule has 0 aliphatic carbocycles. The summed E-state index contributed by atoms with van der Waals surface area (Å²) in [5.74, 6) is 5.74. The highest BCUT2D eigenvalue weighted by molar-refractivity contribution is 5.83. The Labute approximate surface area is 123 Å².